The summed E-state index contributed by atoms with van der Waals surface area (Å²) in [5, 5.41) is 9.98. The van der Waals surface area contributed by atoms with Gasteiger partial charge in [-0.2, -0.15) is 0 Å². The molecule has 0 aliphatic carbocycles. The van der Waals surface area contributed by atoms with E-state index in [-0.39, 0.29) is 12.5 Å². The molecule has 1 fully saturated rings. The number of amides is 1. The number of rotatable bonds is 7. The van der Waals surface area contributed by atoms with E-state index in [0.717, 1.165) is 53.6 Å². The largest absolute Gasteiger partial charge is 0.484 e. The smallest absolute Gasteiger partial charge is 0.260 e. The lowest BCUT2D eigenvalue weighted by atomic mass is 10.1. The summed E-state index contributed by atoms with van der Waals surface area (Å²) in [6, 6.07) is 20.9. The Balaban J connectivity index is 1.42. The summed E-state index contributed by atoms with van der Waals surface area (Å²) in [4.78, 5) is 24.0. The van der Waals surface area contributed by atoms with Crippen molar-refractivity contribution in [3.63, 3.8) is 0 Å². The average Bonchev–Trinajstić information content (AvgIpc) is 2.93. The first-order valence-electron chi connectivity index (χ1n) is 12.1. The van der Waals surface area contributed by atoms with Crippen LogP contribution in [-0.2, 0) is 4.79 Å². The van der Waals surface area contributed by atoms with Crippen LogP contribution in [0.1, 0.15) is 24.8 Å². The van der Waals surface area contributed by atoms with Crippen molar-refractivity contribution in [3.05, 3.63) is 72.3 Å². The van der Waals surface area contributed by atoms with Crippen molar-refractivity contribution in [1.82, 2.24) is 14.9 Å². The molecule has 4 aromatic rings. The number of benzene rings is 3. The minimum atomic E-state index is 0.0196. The fraction of sp³-hybridized carbons (Fsp3) is 0.214. The Morgan fingerprint density at radius 1 is 1.03 bits per heavy atom. The lowest BCUT2D eigenvalue weighted by Crippen LogP contribution is -2.38. The van der Waals surface area contributed by atoms with Gasteiger partial charge in [0.1, 0.15) is 11.6 Å². The Morgan fingerprint density at radius 3 is 2.69 bits per heavy atom. The normalized spacial score (nSPS) is 13.4. The Bertz CT molecular complexity index is 1410. The number of ether oxygens (including phenoxy) is 1. The number of nitrogens with zero attached hydrogens (tertiary/aromatic N) is 3. The molecule has 8 heteroatoms. The Morgan fingerprint density at radius 2 is 1.86 bits per heavy atom. The Labute approximate surface area is 209 Å². The molecule has 0 radical (unpaired) electrons. The number of likely N-dealkylation sites (tertiary alicyclic amines) is 1. The number of piperidine rings is 1. The summed E-state index contributed by atoms with van der Waals surface area (Å²) in [5.41, 5.74) is 9.73. The molecule has 0 atom stereocenters. The molecule has 0 spiro atoms. The highest BCUT2D eigenvalue weighted by molar-refractivity contribution is 5.93. The first kappa shape index (κ1) is 23.3. The van der Waals surface area contributed by atoms with Crippen LogP contribution in [0.2, 0.25) is 0 Å². The predicted molar refractivity (Wildman–Crippen MR) is 142 cm³/mol. The number of nitrogens with one attached hydrogen (secondary N) is 1. The number of nitrogen functional groups attached to an aromatic ring is 1. The fourth-order valence-electron chi connectivity index (χ4n) is 4.34. The van der Waals surface area contributed by atoms with Gasteiger partial charge < -0.3 is 20.7 Å². The van der Waals surface area contributed by atoms with Gasteiger partial charge in [0.05, 0.1) is 11.1 Å². The fourth-order valence-corrected chi connectivity index (χ4v) is 4.34. The van der Waals surface area contributed by atoms with Crippen LogP contribution in [0.3, 0.4) is 0 Å². The van der Waals surface area contributed by atoms with Gasteiger partial charge in [0.25, 0.3) is 5.91 Å². The summed E-state index contributed by atoms with van der Waals surface area (Å²) in [5.74, 6) is 1.83. The van der Waals surface area contributed by atoms with E-state index >= 15 is 0 Å². The van der Waals surface area contributed by atoms with Crippen LogP contribution in [0.4, 0.5) is 17.2 Å². The average molecular weight is 482 g/mol. The number of nitrogens with two attached hydrogens (primary N) is 2. The Kier molecular flexibility index (Phi) is 6.75. The number of anilines is 3. The van der Waals surface area contributed by atoms with Gasteiger partial charge in [-0.1, -0.05) is 24.3 Å². The maximum absolute atomic E-state index is 12.5. The van der Waals surface area contributed by atoms with Gasteiger partial charge in [-0.25, -0.2) is 9.97 Å². The molecule has 5 rings (SSSR count). The summed E-state index contributed by atoms with van der Waals surface area (Å²) in [6.45, 7) is 1.63. The van der Waals surface area contributed by atoms with E-state index in [2.05, 4.69) is 5.32 Å². The molecule has 0 unspecified atom stereocenters. The highest BCUT2D eigenvalue weighted by Crippen LogP contribution is 2.29. The monoisotopic (exact) mass is 481 g/mol. The number of carbonyl (C=O) groups is 1. The first-order chi connectivity index (χ1) is 17.6. The van der Waals surface area contributed by atoms with Crippen LogP contribution in [0.15, 0.2) is 66.7 Å². The van der Waals surface area contributed by atoms with E-state index in [1.165, 1.54) is 12.6 Å². The van der Waals surface area contributed by atoms with Crippen molar-refractivity contribution >= 4 is 40.2 Å². The van der Waals surface area contributed by atoms with Gasteiger partial charge in [0.15, 0.2) is 18.6 Å². The number of hydrogen-bond donors (Lipinski definition) is 3. The van der Waals surface area contributed by atoms with Crippen molar-refractivity contribution in [1.29, 1.82) is 0 Å². The van der Waals surface area contributed by atoms with Crippen molar-refractivity contribution in [3.8, 4) is 17.1 Å². The lowest BCUT2D eigenvalue weighted by molar-refractivity contribution is -0.134. The third-order valence-electron chi connectivity index (χ3n) is 6.30. The van der Waals surface area contributed by atoms with Gasteiger partial charge in [-0.15, -0.1) is 0 Å². The molecule has 0 bridgehead atoms. The maximum Gasteiger partial charge on any atom is 0.260 e. The van der Waals surface area contributed by atoms with E-state index < -0.39 is 0 Å². The molecule has 1 aromatic heterocycles. The topological polar surface area (TPSA) is 119 Å². The van der Waals surface area contributed by atoms with Crippen LogP contribution in [-0.4, -0.2) is 46.7 Å². The van der Waals surface area contributed by atoms with E-state index in [1.807, 2.05) is 65.6 Å². The van der Waals surface area contributed by atoms with E-state index in [1.54, 1.807) is 6.07 Å². The quantitative estimate of drug-likeness (QED) is 0.276. The SMILES string of the molecule is Nc1ccc(Nc2nc(-c3cccc(OCC(=O)N4CCCCC4)c3)nc3ccccc23)cc1C=[NH2+]. The van der Waals surface area contributed by atoms with E-state index in [4.69, 9.17) is 25.8 Å². The second-order valence-electron chi connectivity index (χ2n) is 8.81. The second-order valence-corrected chi connectivity index (χ2v) is 8.81. The zero-order valence-electron chi connectivity index (χ0n) is 20.0. The van der Waals surface area contributed by atoms with Crippen molar-refractivity contribution in [2.24, 2.45) is 0 Å². The van der Waals surface area contributed by atoms with Gasteiger partial charge >= 0.3 is 0 Å². The summed E-state index contributed by atoms with van der Waals surface area (Å²) in [7, 11) is 0. The van der Waals surface area contributed by atoms with Crippen LogP contribution in [0.25, 0.3) is 22.3 Å². The van der Waals surface area contributed by atoms with Crippen LogP contribution < -0.4 is 21.2 Å². The molecule has 5 N–H and O–H groups in total. The van der Waals surface area contributed by atoms with E-state index in [9.17, 15) is 4.79 Å². The molecule has 3 aromatic carbocycles. The van der Waals surface area contributed by atoms with Gasteiger partial charge in [-0.05, 0) is 61.7 Å². The third kappa shape index (κ3) is 5.12. The standard InChI is InChI=1S/C28H28N6O2/c29-17-20-15-21(11-12-24(20)30)31-28-23-9-2-3-10-25(23)32-27(33-28)19-7-6-8-22(16-19)36-18-26(35)34-13-4-1-5-14-34/h2-3,6-12,15-17,29H,1,4-5,13-14,18,30H2,(H,31,32,33)/p+1. The number of hydrogen-bond acceptors (Lipinski definition) is 6. The number of carbonyl (C=O) groups excluding carboxylic acids is 1. The van der Waals surface area contributed by atoms with Crippen molar-refractivity contribution in [2.45, 2.75) is 19.3 Å². The maximum atomic E-state index is 12.5. The lowest BCUT2D eigenvalue weighted by Gasteiger charge is -2.26. The minimum absolute atomic E-state index is 0.0196. The number of para-hydroxylation sites is 1. The van der Waals surface area contributed by atoms with Gasteiger partial charge in [0.2, 0.25) is 0 Å². The van der Waals surface area contributed by atoms with Crippen LogP contribution >= 0.6 is 0 Å². The van der Waals surface area contributed by atoms with Crippen molar-refractivity contribution in [2.75, 3.05) is 30.7 Å². The molecule has 0 saturated carbocycles. The Hall–Kier alpha value is -4.46. The highest BCUT2D eigenvalue weighted by atomic mass is 16.5. The molecular weight excluding hydrogens is 452 g/mol. The number of fused-ring (bicyclic) bond motifs is 1. The second kappa shape index (κ2) is 10.4. The molecule has 1 aliphatic heterocycles. The van der Waals surface area contributed by atoms with Gasteiger partial charge in [0, 0.05) is 35.4 Å². The summed E-state index contributed by atoms with van der Waals surface area (Å²) in [6.07, 6.45) is 4.77. The zero-order chi connectivity index (χ0) is 24.9. The molecule has 1 saturated heterocycles. The summed E-state index contributed by atoms with van der Waals surface area (Å²) < 4.78 is 5.84. The highest BCUT2D eigenvalue weighted by Gasteiger charge is 2.17. The minimum Gasteiger partial charge on any atom is -0.484 e. The molecule has 1 aliphatic rings. The molecule has 1 amide bonds. The van der Waals surface area contributed by atoms with E-state index in [0.29, 0.717) is 23.1 Å². The summed E-state index contributed by atoms with van der Waals surface area (Å²) >= 11 is 0. The number of aromatic nitrogens is 2. The van der Waals surface area contributed by atoms with Gasteiger partial charge in [-0.3, -0.25) is 10.2 Å². The van der Waals surface area contributed by atoms with Crippen LogP contribution in [0, 0.1) is 0 Å². The molecule has 36 heavy (non-hydrogen) atoms. The third-order valence-corrected chi connectivity index (χ3v) is 6.30. The molecule has 2 heterocycles. The predicted octanol–water partition coefficient (Wildman–Crippen LogP) is 3.19. The zero-order valence-corrected chi connectivity index (χ0v) is 20.0. The first-order valence-corrected chi connectivity index (χ1v) is 12.1. The molecule has 8 nitrogen and oxygen atoms in total. The molecular formula is C28H29N6O2+. The van der Waals surface area contributed by atoms with Crippen LogP contribution in [0.5, 0.6) is 5.75 Å². The van der Waals surface area contributed by atoms with Crippen molar-refractivity contribution < 1.29 is 14.9 Å². The molecule has 182 valence electrons.